The molecule has 5 nitrogen and oxygen atoms in total. The largest absolute Gasteiger partial charge is 0.271 e. The maximum Gasteiger partial charge on any atom is 0.246 e. The van der Waals surface area contributed by atoms with Crippen LogP contribution in [0.1, 0.15) is 44.0 Å². The normalized spacial score (nSPS) is 21.8. The van der Waals surface area contributed by atoms with Crippen molar-refractivity contribution in [1.29, 1.82) is 0 Å². The van der Waals surface area contributed by atoms with Crippen LogP contribution in [0.3, 0.4) is 0 Å². The lowest BCUT2D eigenvalue weighted by Crippen LogP contribution is -2.43. The minimum atomic E-state index is -3.41. The van der Waals surface area contributed by atoms with Gasteiger partial charge in [-0.25, -0.2) is 8.42 Å². The fraction of sp³-hybridized carbons (Fsp3) is 0.769. The molecule has 2 rings (SSSR count). The predicted octanol–water partition coefficient (Wildman–Crippen LogP) is 1.99. The molecule has 1 fully saturated rings. The van der Waals surface area contributed by atoms with Crippen LogP contribution in [-0.2, 0) is 17.1 Å². The highest BCUT2D eigenvalue weighted by Gasteiger charge is 2.35. The molecule has 1 unspecified atom stereocenters. The van der Waals surface area contributed by atoms with Gasteiger partial charge in [0.05, 0.1) is 11.4 Å². The Kier molecular flexibility index (Phi) is 4.01. The van der Waals surface area contributed by atoms with E-state index in [2.05, 4.69) is 12.0 Å². The first-order valence-electron chi connectivity index (χ1n) is 6.91. The highest BCUT2D eigenvalue weighted by atomic mass is 32.2. The third kappa shape index (κ3) is 2.43. The molecular formula is C13H23N3O2S. The number of nitrogens with zero attached hydrogens (tertiary/aromatic N) is 3. The summed E-state index contributed by atoms with van der Waals surface area (Å²) in [6.45, 7) is 6.28. The zero-order valence-corrected chi connectivity index (χ0v) is 13.0. The maximum atomic E-state index is 12.9. The van der Waals surface area contributed by atoms with Gasteiger partial charge < -0.3 is 0 Å². The molecule has 0 amide bonds. The Balaban J connectivity index is 2.46. The Morgan fingerprint density at radius 1 is 1.32 bits per heavy atom. The minimum absolute atomic E-state index is 0.137. The molecule has 0 bridgehead atoms. The van der Waals surface area contributed by atoms with E-state index in [0.29, 0.717) is 17.1 Å². The summed E-state index contributed by atoms with van der Waals surface area (Å²) in [5, 5.41) is 4.23. The second kappa shape index (κ2) is 5.25. The summed E-state index contributed by atoms with van der Waals surface area (Å²) in [5.74, 6) is 0. The van der Waals surface area contributed by atoms with E-state index in [0.717, 1.165) is 31.4 Å². The zero-order valence-electron chi connectivity index (χ0n) is 12.2. The van der Waals surface area contributed by atoms with E-state index in [9.17, 15) is 8.42 Å². The number of piperidine rings is 1. The summed E-state index contributed by atoms with van der Waals surface area (Å²) in [6.07, 6.45) is 3.91. The molecule has 1 aliphatic heterocycles. The molecule has 0 aliphatic carbocycles. The average Bonchev–Trinajstić information content (AvgIpc) is 2.63. The molecule has 108 valence electrons. The number of hydrogen-bond acceptors (Lipinski definition) is 3. The molecule has 1 atom stereocenters. The molecule has 2 heterocycles. The van der Waals surface area contributed by atoms with Crippen molar-refractivity contribution >= 4 is 10.0 Å². The molecule has 1 aromatic rings. The third-order valence-corrected chi connectivity index (χ3v) is 6.26. The minimum Gasteiger partial charge on any atom is -0.271 e. The van der Waals surface area contributed by atoms with Gasteiger partial charge in [-0.15, -0.1) is 0 Å². The Labute approximate surface area is 115 Å². The predicted molar refractivity (Wildman–Crippen MR) is 74.5 cm³/mol. The molecule has 0 aromatic carbocycles. The van der Waals surface area contributed by atoms with Crippen LogP contribution in [0.25, 0.3) is 0 Å². The summed E-state index contributed by atoms with van der Waals surface area (Å²) < 4.78 is 29.1. The van der Waals surface area contributed by atoms with Crippen molar-refractivity contribution in [3.8, 4) is 0 Å². The number of sulfonamides is 1. The molecule has 0 saturated carbocycles. The summed E-state index contributed by atoms with van der Waals surface area (Å²) in [6, 6.07) is 0.137. The lowest BCUT2D eigenvalue weighted by molar-refractivity contribution is 0.246. The van der Waals surface area contributed by atoms with E-state index in [-0.39, 0.29) is 6.04 Å². The molecule has 0 spiro atoms. The van der Waals surface area contributed by atoms with Gasteiger partial charge in [0.1, 0.15) is 4.90 Å². The standard InChI is InChI=1S/C13H23N3O2S/c1-5-12-8-6-7-9-16(12)19(17,18)13-10(2)14-15(4)11(13)3/h12H,5-9H2,1-4H3. The van der Waals surface area contributed by atoms with E-state index in [1.165, 1.54) is 0 Å². The zero-order chi connectivity index (χ0) is 14.2. The highest BCUT2D eigenvalue weighted by molar-refractivity contribution is 7.89. The summed E-state index contributed by atoms with van der Waals surface area (Å²) in [5.41, 5.74) is 1.32. The van der Waals surface area contributed by atoms with Crippen LogP contribution in [0.5, 0.6) is 0 Å². The van der Waals surface area contributed by atoms with Crippen LogP contribution in [0, 0.1) is 13.8 Å². The van der Waals surface area contributed by atoms with Gasteiger partial charge in [-0.2, -0.15) is 9.40 Å². The highest BCUT2D eigenvalue weighted by Crippen LogP contribution is 2.29. The first-order chi connectivity index (χ1) is 8.89. The van der Waals surface area contributed by atoms with Gasteiger partial charge in [0.2, 0.25) is 10.0 Å². The topological polar surface area (TPSA) is 55.2 Å². The molecule has 1 saturated heterocycles. The van der Waals surface area contributed by atoms with Crippen LogP contribution in [0.2, 0.25) is 0 Å². The summed E-state index contributed by atoms with van der Waals surface area (Å²) in [7, 11) is -1.63. The average molecular weight is 285 g/mol. The quantitative estimate of drug-likeness (QED) is 0.853. The van der Waals surface area contributed by atoms with Gasteiger partial charge >= 0.3 is 0 Å². The molecule has 0 radical (unpaired) electrons. The second-order valence-electron chi connectivity index (χ2n) is 5.30. The van der Waals surface area contributed by atoms with Crippen molar-refractivity contribution < 1.29 is 8.42 Å². The smallest absolute Gasteiger partial charge is 0.246 e. The van der Waals surface area contributed by atoms with Gasteiger partial charge in [-0.05, 0) is 33.1 Å². The van der Waals surface area contributed by atoms with Crippen molar-refractivity contribution in [1.82, 2.24) is 14.1 Å². The SMILES string of the molecule is CCC1CCCCN1S(=O)(=O)c1c(C)nn(C)c1C. The van der Waals surface area contributed by atoms with Gasteiger partial charge in [-0.3, -0.25) is 4.68 Å². The fourth-order valence-electron chi connectivity index (χ4n) is 2.94. The number of aryl methyl sites for hydroxylation is 2. The van der Waals surface area contributed by atoms with Gasteiger partial charge in [-0.1, -0.05) is 13.3 Å². The number of rotatable bonds is 3. The third-order valence-electron chi connectivity index (χ3n) is 4.05. The van der Waals surface area contributed by atoms with Crippen molar-refractivity contribution in [2.75, 3.05) is 6.54 Å². The fourth-order valence-corrected chi connectivity index (χ4v) is 5.11. The first kappa shape index (κ1) is 14.5. The molecule has 1 aliphatic rings. The van der Waals surface area contributed by atoms with Crippen molar-refractivity contribution in [2.24, 2.45) is 7.05 Å². The van der Waals surface area contributed by atoms with Crippen LogP contribution >= 0.6 is 0 Å². The Hall–Kier alpha value is -0.880. The van der Waals surface area contributed by atoms with Crippen LogP contribution in [0.15, 0.2) is 4.90 Å². The van der Waals surface area contributed by atoms with E-state index in [4.69, 9.17) is 0 Å². The van der Waals surface area contributed by atoms with E-state index in [1.807, 2.05) is 6.92 Å². The lowest BCUT2D eigenvalue weighted by Gasteiger charge is -2.34. The Morgan fingerprint density at radius 2 is 2.00 bits per heavy atom. The molecule has 1 aromatic heterocycles. The van der Waals surface area contributed by atoms with E-state index in [1.54, 1.807) is 23.0 Å². The van der Waals surface area contributed by atoms with Crippen molar-refractivity contribution in [3.05, 3.63) is 11.4 Å². The Morgan fingerprint density at radius 3 is 2.53 bits per heavy atom. The Bertz CT molecular complexity index is 563. The first-order valence-corrected chi connectivity index (χ1v) is 8.35. The maximum absolute atomic E-state index is 12.9. The van der Waals surface area contributed by atoms with E-state index >= 15 is 0 Å². The van der Waals surface area contributed by atoms with Crippen molar-refractivity contribution in [2.45, 2.75) is 57.4 Å². The second-order valence-corrected chi connectivity index (χ2v) is 7.12. The van der Waals surface area contributed by atoms with E-state index < -0.39 is 10.0 Å². The monoisotopic (exact) mass is 285 g/mol. The number of aromatic nitrogens is 2. The van der Waals surface area contributed by atoms with Gasteiger partial charge in [0.25, 0.3) is 0 Å². The van der Waals surface area contributed by atoms with Crippen LogP contribution in [-0.4, -0.2) is 35.1 Å². The van der Waals surface area contributed by atoms with Gasteiger partial charge in [0.15, 0.2) is 0 Å². The summed E-state index contributed by atoms with van der Waals surface area (Å²) in [4.78, 5) is 0.398. The van der Waals surface area contributed by atoms with Crippen LogP contribution in [0.4, 0.5) is 0 Å². The van der Waals surface area contributed by atoms with Gasteiger partial charge in [0, 0.05) is 19.6 Å². The van der Waals surface area contributed by atoms with Crippen molar-refractivity contribution in [3.63, 3.8) is 0 Å². The molecule has 6 heteroatoms. The molecule has 0 N–H and O–H groups in total. The molecule has 19 heavy (non-hydrogen) atoms. The molecular weight excluding hydrogens is 262 g/mol. The van der Waals surface area contributed by atoms with Crippen LogP contribution < -0.4 is 0 Å². The lowest BCUT2D eigenvalue weighted by atomic mass is 10.0. The summed E-state index contributed by atoms with van der Waals surface area (Å²) >= 11 is 0. The number of hydrogen-bond donors (Lipinski definition) is 0.